The third-order valence-electron chi connectivity index (χ3n) is 1.59. The summed E-state index contributed by atoms with van der Waals surface area (Å²) in [5.74, 6) is 0. The van der Waals surface area contributed by atoms with Crippen molar-refractivity contribution in [2.45, 2.75) is 26.2 Å². The first-order valence-corrected chi connectivity index (χ1v) is 3.15. The van der Waals surface area contributed by atoms with Crippen molar-refractivity contribution in [3.05, 3.63) is 23.8 Å². The normalized spacial score (nSPS) is 18.4. The smallest absolute Gasteiger partial charge is 0.0277 e. The summed E-state index contributed by atoms with van der Waals surface area (Å²) in [5, 5.41) is 0. The van der Waals surface area contributed by atoms with Crippen LogP contribution >= 0.6 is 0 Å². The molecule has 0 bridgehead atoms. The van der Waals surface area contributed by atoms with E-state index < -0.39 is 0 Å². The maximum Gasteiger partial charge on any atom is -0.0277 e. The molecule has 0 spiro atoms. The quantitative estimate of drug-likeness (QED) is 0.484. The van der Waals surface area contributed by atoms with Gasteiger partial charge in [-0.15, -0.1) is 0 Å². The van der Waals surface area contributed by atoms with Gasteiger partial charge in [0.05, 0.1) is 0 Å². The summed E-state index contributed by atoms with van der Waals surface area (Å²) in [6.07, 6.45) is 6.15. The highest BCUT2D eigenvalue weighted by Crippen LogP contribution is 2.22. The fraction of sp³-hybridized carbons (Fsp3) is 0.500. The first kappa shape index (κ1) is 5.61. The highest BCUT2D eigenvalue weighted by Gasteiger charge is 2.02. The van der Waals surface area contributed by atoms with E-state index in [1.54, 1.807) is 0 Å². The van der Waals surface area contributed by atoms with E-state index in [1.807, 2.05) is 0 Å². The van der Waals surface area contributed by atoms with E-state index in [1.165, 1.54) is 30.4 Å². The van der Waals surface area contributed by atoms with E-state index in [4.69, 9.17) is 0 Å². The Morgan fingerprint density at radius 3 is 2.75 bits per heavy atom. The molecule has 0 nitrogen and oxygen atoms in total. The number of rotatable bonds is 1. The maximum absolute atomic E-state index is 3.87. The van der Waals surface area contributed by atoms with Gasteiger partial charge in [-0.1, -0.05) is 18.2 Å². The highest BCUT2D eigenvalue weighted by atomic mass is 14.1. The van der Waals surface area contributed by atoms with Gasteiger partial charge in [0.25, 0.3) is 0 Å². The largest absolute Gasteiger partial charge is 0.0958 e. The molecule has 0 heterocycles. The van der Waals surface area contributed by atoms with Crippen molar-refractivity contribution >= 4 is 0 Å². The lowest BCUT2D eigenvalue weighted by atomic mass is 10.1. The van der Waals surface area contributed by atoms with Gasteiger partial charge in [-0.2, -0.15) is 0 Å². The summed E-state index contributed by atoms with van der Waals surface area (Å²) in [4.78, 5) is 0. The van der Waals surface area contributed by atoms with E-state index in [0.29, 0.717) is 0 Å². The van der Waals surface area contributed by atoms with Crippen LogP contribution in [0.5, 0.6) is 0 Å². The van der Waals surface area contributed by atoms with Gasteiger partial charge in [0, 0.05) is 0 Å². The van der Waals surface area contributed by atoms with Crippen molar-refractivity contribution in [1.82, 2.24) is 0 Å². The predicted octanol–water partition coefficient (Wildman–Crippen LogP) is 2.67. The minimum absolute atomic E-state index is 1.25. The molecule has 1 aliphatic carbocycles. The summed E-state index contributed by atoms with van der Waals surface area (Å²) in [7, 11) is 0. The molecule has 0 aromatic carbocycles. The summed E-state index contributed by atoms with van der Waals surface area (Å²) in [5.41, 5.74) is 2.73. The molecule has 0 atom stereocenters. The average Bonchev–Trinajstić information content (AvgIpc) is 2.12. The van der Waals surface area contributed by atoms with Gasteiger partial charge in [0.1, 0.15) is 0 Å². The zero-order chi connectivity index (χ0) is 5.98. The Morgan fingerprint density at radius 2 is 2.50 bits per heavy atom. The van der Waals surface area contributed by atoms with Gasteiger partial charge in [0.15, 0.2) is 0 Å². The Bertz CT molecular complexity index is 129. The van der Waals surface area contributed by atoms with Crippen molar-refractivity contribution in [3.63, 3.8) is 0 Å². The summed E-state index contributed by atoms with van der Waals surface area (Å²) in [6, 6.07) is 0. The van der Waals surface area contributed by atoms with E-state index in [9.17, 15) is 0 Å². The molecule has 1 rings (SSSR count). The topological polar surface area (TPSA) is 0 Å². The molecule has 0 aromatic heterocycles. The predicted molar refractivity (Wildman–Crippen MR) is 36.7 cm³/mol. The van der Waals surface area contributed by atoms with Gasteiger partial charge in [-0.25, -0.2) is 0 Å². The Morgan fingerprint density at radius 1 is 1.75 bits per heavy atom. The summed E-state index contributed by atoms with van der Waals surface area (Å²) in [6.45, 7) is 5.95. The van der Waals surface area contributed by atoms with Crippen LogP contribution in [0.15, 0.2) is 23.8 Å². The Kier molecular flexibility index (Phi) is 1.52. The zero-order valence-electron chi connectivity index (χ0n) is 5.41. The van der Waals surface area contributed by atoms with Crippen LogP contribution in [0, 0.1) is 0 Å². The third kappa shape index (κ3) is 1.00. The van der Waals surface area contributed by atoms with Crippen molar-refractivity contribution in [2.24, 2.45) is 0 Å². The molecule has 0 aromatic rings. The van der Waals surface area contributed by atoms with Gasteiger partial charge in [-0.3, -0.25) is 0 Å². The van der Waals surface area contributed by atoms with E-state index in [0.717, 1.165) is 0 Å². The standard InChI is InChI=1S/C8H12/c1-7(2)8-5-3-4-6-8/h5H,1,3-4,6H2,2H3. The maximum atomic E-state index is 3.87. The van der Waals surface area contributed by atoms with E-state index in [2.05, 4.69) is 19.6 Å². The Hall–Kier alpha value is -0.520. The van der Waals surface area contributed by atoms with Crippen LogP contribution in [-0.2, 0) is 0 Å². The minimum Gasteiger partial charge on any atom is -0.0958 e. The molecule has 0 aliphatic heterocycles. The van der Waals surface area contributed by atoms with E-state index in [-0.39, 0.29) is 0 Å². The summed E-state index contributed by atoms with van der Waals surface area (Å²) < 4.78 is 0. The van der Waals surface area contributed by atoms with E-state index >= 15 is 0 Å². The van der Waals surface area contributed by atoms with Crippen molar-refractivity contribution < 1.29 is 0 Å². The van der Waals surface area contributed by atoms with Crippen LogP contribution in [0.25, 0.3) is 0 Å². The lowest BCUT2D eigenvalue weighted by Crippen LogP contribution is -1.74. The molecule has 0 radical (unpaired) electrons. The van der Waals surface area contributed by atoms with Crippen LogP contribution in [0.1, 0.15) is 26.2 Å². The fourth-order valence-corrected chi connectivity index (χ4v) is 1.06. The van der Waals surface area contributed by atoms with Crippen molar-refractivity contribution in [3.8, 4) is 0 Å². The summed E-state index contributed by atoms with van der Waals surface area (Å²) >= 11 is 0. The van der Waals surface area contributed by atoms with Crippen LogP contribution in [0.2, 0.25) is 0 Å². The molecule has 0 N–H and O–H groups in total. The third-order valence-corrected chi connectivity index (χ3v) is 1.59. The molecule has 0 unspecified atom stereocenters. The van der Waals surface area contributed by atoms with Crippen LogP contribution in [0.4, 0.5) is 0 Å². The van der Waals surface area contributed by atoms with Gasteiger partial charge in [-0.05, 0) is 31.8 Å². The minimum atomic E-state index is 1.25. The molecule has 44 valence electrons. The molecule has 0 heteroatoms. The first-order chi connectivity index (χ1) is 3.80. The number of hydrogen-bond donors (Lipinski definition) is 0. The zero-order valence-corrected chi connectivity index (χ0v) is 5.41. The SMILES string of the molecule is C=C(C)C1=CCCC1. The van der Waals surface area contributed by atoms with Gasteiger partial charge < -0.3 is 0 Å². The molecule has 0 saturated carbocycles. The molecule has 0 amide bonds. The lowest BCUT2D eigenvalue weighted by molar-refractivity contribution is 0.910. The highest BCUT2D eigenvalue weighted by molar-refractivity contribution is 5.28. The fourth-order valence-electron chi connectivity index (χ4n) is 1.06. The van der Waals surface area contributed by atoms with Crippen molar-refractivity contribution in [1.29, 1.82) is 0 Å². The second-order valence-electron chi connectivity index (χ2n) is 2.40. The van der Waals surface area contributed by atoms with Crippen LogP contribution in [-0.4, -0.2) is 0 Å². The molecular formula is C8H12. The van der Waals surface area contributed by atoms with Gasteiger partial charge in [0.2, 0.25) is 0 Å². The Balaban J connectivity index is 2.57. The van der Waals surface area contributed by atoms with Gasteiger partial charge >= 0.3 is 0 Å². The van der Waals surface area contributed by atoms with Crippen LogP contribution in [0.3, 0.4) is 0 Å². The first-order valence-electron chi connectivity index (χ1n) is 3.15. The lowest BCUT2D eigenvalue weighted by Gasteiger charge is -1.95. The number of hydrogen-bond acceptors (Lipinski definition) is 0. The monoisotopic (exact) mass is 108 g/mol. The molecule has 1 aliphatic rings. The Labute approximate surface area is 50.9 Å². The second kappa shape index (κ2) is 2.17. The molecule has 0 saturated heterocycles. The molecular weight excluding hydrogens is 96.1 g/mol. The average molecular weight is 108 g/mol. The van der Waals surface area contributed by atoms with Crippen molar-refractivity contribution in [2.75, 3.05) is 0 Å². The second-order valence-corrected chi connectivity index (χ2v) is 2.40. The molecule has 0 fully saturated rings. The number of allylic oxidation sites excluding steroid dienone is 3. The van der Waals surface area contributed by atoms with Crippen LogP contribution < -0.4 is 0 Å². The molecule has 8 heavy (non-hydrogen) atoms.